The Kier molecular flexibility index (Phi) is 8.58. The van der Waals surface area contributed by atoms with Crippen LogP contribution in [-0.2, 0) is 23.8 Å². The molecule has 0 aliphatic heterocycles. The third-order valence-electron chi connectivity index (χ3n) is 1.84. The quantitative estimate of drug-likeness (QED) is 0.466. The largest absolute Gasteiger partial charge is 0.460 e. The average Bonchev–Trinajstić information content (AvgIpc) is 2.18. The Morgan fingerprint density at radius 1 is 0.889 bits per heavy atom. The minimum Gasteiger partial charge on any atom is -0.460 e. The van der Waals surface area contributed by atoms with Gasteiger partial charge in [0.05, 0.1) is 32.8 Å². The molecule has 5 nitrogen and oxygen atoms in total. The number of carbonyl (C=O) groups is 2. The first-order chi connectivity index (χ1) is 8.31. The predicted octanol–water partition coefficient (Wildman–Crippen LogP) is 1.73. The van der Waals surface area contributed by atoms with Crippen molar-refractivity contribution in [3.05, 3.63) is 0 Å². The van der Waals surface area contributed by atoms with Gasteiger partial charge in [-0.25, -0.2) is 0 Å². The normalized spacial score (nSPS) is 11.3. The van der Waals surface area contributed by atoms with Gasteiger partial charge in [0, 0.05) is 6.42 Å². The second-order valence-electron chi connectivity index (χ2n) is 5.01. The van der Waals surface area contributed by atoms with Gasteiger partial charge in [0.2, 0.25) is 0 Å². The van der Waals surface area contributed by atoms with Crippen molar-refractivity contribution < 1.29 is 23.8 Å². The van der Waals surface area contributed by atoms with Gasteiger partial charge < -0.3 is 14.2 Å². The lowest BCUT2D eigenvalue weighted by atomic mass is 10.2. The molecule has 0 aliphatic rings. The summed E-state index contributed by atoms with van der Waals surface area (Å²) in [5.74, 6) is -0.152. The number of ketones is 1. The van der Waals surface area contributed by atoms with Crippen molar-refractivity contribution in [1.82, 2.24) is 0 Å². The average molecular weight is 260 g/mol. The maximum absolute atomic E-state index is 11.3. The van der Waals surface area contributed by atoms with Crippen LogP contribution in [0.4, 0.5) is 0 Å². The summed E-state index contributed by atoms with van der Waals surface area (Å²) in [4.78, 5) is 21.9. The highest BCUT2D eigenvalue weighted by Crippen LogP contribution is 2.07. The van der Waals surface area contributed by atoms with E-state index in [-0.39, 0.29) is 18.2 Å². The Bertz CT molecular complexity index is 255. The van der Waals surface area contributed by atoms with Crippen molar-refractivity contribution in [3.8, 4) is 0 Å². The van der Waals surface area contributed by atoms with Crippen LogP contribution in [0, 0.1) is 0 Å². The summed E-state index contributed by atoms with van der Waals surface area (Å²) in [6.07, 6.45) is 0.669. The molecule has 0 amide bonds. The molecule has 0 aromatic carbocycles. The van der Waals surface area contributed by atoms with Crippen LogP contribution in [0.25, 0.3) is 0 Å². The van der Waals surface area contributed by atoms with E-state index in [0.29, 0.717) is 32.8 Å². The zero-order valence-electron chi connectivity index (χ0n) is 11.8. The summed E-state index contributed by atoms with van der Waals surface area (Å²) in [5.41, 5.74) is -0.452. The van der Waals surface area contributed by atoms with E-state index in [9.17, 15) is 9.59 Å². The first-order valence-electron chi connectivity index (χ1n) is 6.18. The molecule has 106 valence electrons. The second-order valence-corrected chi connectivity index (χ2v) is 5.01. The van der Waals surface area contributed by atoms with Gasteiger partial charge in [-0.2, -0.15) is 0 Å². The minimum atomic E-state index is -0.452. The van der Waals surface area contributed by atoms with Crippen molar-refractivity contribution in [2.75, 3.05) is 26.4 Å². The van der Waals surface area contributed by atoms with Crippen LogP contribution < -0.4 is 0 Å². The molecule has 0 saturated carbocycles. The number of hydrogen-bond acceptors (Lipinski definition) is 5. The first-order valence-corrected chi connectivity index (χ1v) is 6.18. The molecule has 0 radical (unpaired) electrons. The first kappa shape index (κ1) is 17.1. The molecule has 0 atom stereocenters. The molecule has 0 fully saturated rings. The fourth-order valence-electron chi connectivity index (χ4n) is 1.09. The Morgan fingerprint density at radius 3 is 1.83 bits per heavy atom. The smallest absolute Gasteiger partial charge is 0.308 e. The fraction of sp³-hybridized carbons (Fsp3) is 0.846. The summed E-state index contributed by atoms with van der Waals surface area (Å²) in [7, 11) is 0. The maximum Gasteiger partial charge on any atom is 0.308 e. The number of carbonyl (C=O) groups excluding carboxylic acids is 2. The zero-order chi connectivity index (χ0) is 14.0. The molecular formula is C13H24O5. The van der Waals surface area contributed by atoms with E-state index in [4.69, 9.17) is 14.2 Å². The van der Waals surface area contributed by atoms with Gasteiger partial charge in [0.1, 0.15) is 11.4 Å². The molecule has 0 spiro atoms. The summed E-state index contributed by atoms with van der Waals surface area (Å²) in [6, 6.07) is 0. The number of esters is 1. The molecule has 0 N–H and O–H groups in total. The molecule has 0 aromatic rings. The van der Waals surface area contributed by atoms with Gasteiger partial charge in [-0.15, -0.1) is 0 Å². The lowest BCUT2D eigenvalue weighted by molar-refractivity contribution is -0.156. The predicted molar refractivity (Wildman–Crippen MR) is 67.4 cm³/mol. The van der Waals surface area contributed by atoms with Crippen LogP contribution in [0.1, 0.15) is 40.5 Å². The number of ether oxygens (including phenoxy) is 3. The topological polar surface area (TPSA) is 61.8 Å². The van der Waals surface area contributed by atoms with E-state index in [2.05, 4.69) is 0 Å². The molecule has 0 aliphatic carbocycles. The van der Waals surface area contributed by atoms with Crippen LogP contribution in [0.5, 0.6) is 0 Å². The lowest BCUT2D eigenvalue weighted by Crippen LogP contribution is -2.24. The van der Waals surface area contributed by atoms with Crippen molar-refractivity contribution in [2.24, 2.45) is 0 Å². The van der Waals surface area contributed by atoms with E-state index < -0.39 is 5.60 Å². The summed E-state index contributed by atoms with van der Waals surface area (Å²) in [6.45, 7) is 8.61. The van der Waals surface area contributed by atoms with Crippen LogP contribution in [0.3, 0.4) is 0 Å². The monoisotopic (exact) mass is 260 g/mol. The molecule has 0 rings (SSSR count). The Hall–Kier alpha value is -0.940. The molecule has 0 heterocycles. The van der Waals surface area contributed by atoms with Gasteiger partial charge in [-0.3, -0.25) is 9.59 Å². The molecule has 5 heteroatoms. The van der Waals surface area contributed by atoms with Crippen molar-refractivity contribution >= 4 is 11.8 Å². The van der Waals surface area contributed by atoms with Crippen molar-refractivity contribution in [3.63, 3.8) is 0 Å². The van der Waals surface area contributed by atoms with E-state index in [0.717, 1.165) is 0 Å². The van der Waals surface area contributed by atoms with Crippen LogP contribution in [0.15, 0.2) is 0 Å². The van der Waals surface area contributed by atoms with Gasteiger partial charge >= 0.3 is 5.97 Å². The summed E-state index contributed by atoms with van der Waals surface area (Å²) < 4.78 is 15.5. The Morgan fingerprint density at radius 2 is 1.39 bits per heavy atom. The zero-order valence-corrected chi connectivity index (χ0v) is 11.8. The molecule has 0 aromatic heterocycles. The van der Waals surface area contributed by atoms with Gasteiger partial charge in [0.25, 0.3) is 0 Å². The molecular weight excluding hydrogens is 236 g/mol. The number of Topliss-reactive ketones (excluding diaryl/α,β-unsaturated/α-hetero) is 1. The van der Waals surface area contributed by atoms with Crippen LogP contribution in [-0.4, -0.2) is 43.8 Å². The Labute approximate surface area is 109 Å². The molecule has 0 saturated heterocycles. The number of hydrogen-bond donors (Lipinski definition) is 0. The molecule has 0 unspecified atom stereocenters. The molecule has 18 heavy (non-hydrogen) atoms. The minimum absolute atomic E-state index is 0.112. The van der Waals surface area contributed by atoms with Crippen molar-refractivity contribution in [2.45, 2.75) is 46.1 Å². The van der Waals surface area contributed by atoms with E-state index in [1.807, 2.05) is 20.8 Å². The molecule has 0 bridgehead atoms. The fourth-order valence-corrected chi connectivity index (χ4v) is 1.09. The highest BCUT2D eigenvalue weighted by molar-refractivity contribution is 5.75. The number of rotatable bonds is 9. The van der Waals surface area contributed by atoms with Crippen LogP contribution in [0.2, 0.25) is 0 Å². The summed E-state index contributed by atoms with van der Waals surface area (Å²) in [5, 5.41) is 0. The van der Waals surface area contributed by atoms with Gasteiger partial charge in [0.15, 0.2) is 0 Å². The highest BCUT2D eigenvalue weighted by atomic mass is 16.6. The van der Waals surface area contributed by atoms with E-state index >= 15 is 0 Å². The maximum atomic E-state index is 11.3. The SMILES string of the molecule is CC(=O)CCOCCOCCC(=O)OC(C)(C)C. The standard InChI is InChI=1S/C13H24O5/c1-11(14)5-7-16-9-10-17-8-6-12(15)18-13(2,3)4/h5-10H2,1-4H3. The Balaban J connectivity index is 3.30. The third-order valence-corrected chi connectivity index (χ3v) is 1.84. The van der Waals surface area contributed by atoms with Gasteiger partial charge in [-0.1, -0.05) is 0 Å². The lowest BCUT2D eigenvalue weighted by Gasteiger charge is -2.19. The van der Waals surface area contributed by atoms with Crippen LogP contribution >= 0.6 is 0 Å². The van der Waals surface area contributed by atoms with Gasteiger partial charge in [-0.05, 0) is 27.7 Å². The van der Waals surface area contributed by atoms with E-state index in [1.165, 1.54) is 6.92 Å². The highest BCUT2D eigenvalue weighted by Gasteiger charge is 2.15. The van der Waals surface area contributed by atoms with E-state index in [1.54, 1.807) is 0 Å². The summed E-state index contributed by atoms with van der Waals surface area (Å²) >= 11 is 0. The third kappa shape index (κ3) is 13.1. The second kappa shape index (κ2) is 9.05. The van der Waals surface area contributed by atoms with Crippen molar-refractivity contribution in [1.29, 1.82) is 0 Å².